The second-order valence-electron chi connectivity index (χ2n) is 13.0. The number of ether oxygens (including phenoxy) is 3. The van der Waals surface area contributed by atoms with Gasteiger partial charge in [-0.2, -0.15) is 0 Å². The average Bonchev–Trinajstić information content (AvgIpc) is 3.70. The van der Waals surface area contributed by atoms with Crippen molar-refractivity contribution >= 4 is 52.0 Å². The summed E-state index contributed by atoms with van der Waals surface area (Å²) in [4.78, 5) is 60.5. The van der Waals surface area contributed by atoms with E-state index in [1.807, 2.05) is 109 Å². The van der Waals surface area contributed by atoms with Crippen molar-refractivity contribution in [3.8, 4) is 11.5 Å². The summed E-state index contributed by atoms with van der Waals surface area (Å²) >= 11 is 6.38. The van der Waals surface area contributed by atoms with Crippen LogP contribution in [0.1, 0.15) is 32.6 Å². The zero-order valence-corrected chi connectivity index (χ0v) is 29.2. The second kappa shape index (κ2) is 12.4. The smallest absolute Gasteiger partial charge is 0.339 e. The van der Waals surface area contributed by atoms with Gasteiger partial charge in [-0.25, -0.2) is 9.69 Å². The van der Waals surface area contributed by atoms with Gasteiger partial charge in [0.2, 0.25) is 11.8 Å². The van der Waals surface area contributed by atoms with Crippen molar-refractivity contribution in [1.82, 2.24) is 0 Å². The van der Waals surface area contributed by atoms with Crippen LogP contribution >= 0.6 is 11.6 Å². The van der Waals surface area contributed by atoms with Crippen molar-refractivity contribution in [3.63, 3.8) is 0 Å². The maximum atomic E-state index is 16.1. The minimum absolute atomic E-state index is 0.00453. The third kappa shape index (κ3) is 4.34. The van der Waals surface area contributed by atoms with Crippen molar-refractivity contribution in [2.24, 2.45) is 11.8 Å². The number of carbonyl (C=O) groups excluding carboxylic acids is 4. The summed E-state index contributed by atoms with van der Waals surface area (Å²) in [6, 6.07) is 37.7. The molecule has 0 unspecified atom stereocenters. The SMILES string of the molecule is COC(=O)c1cc(N2C(=O)[C@@H]3[C@H](C2=O)[C@]2(c4ccccc4)C(=O)[C@@]3(c3ccccc3)C(c3ccc(OC)cc3)=C2c2ccc(OC)cc2)ccc1Cl. The molecule has 2 bridgehead atoms. The fourth-order valence-electron chi connectivity index (χ4n) is 8.81. The number of Topliss-reactive ketones (excluding diaryl/α,β-unsaturated/α-hetero) is 1. The van der Waals surface area contributed by atoms with Gasteiger partial charge in [0.05, 0.1) is 60.3 Å². The number of ketones is 1. The Labute approximate surface area is 305 Å². The second-order valence-corrected chi connectivity index (χ2v) is 13.4. The topological polar surface area (TPSA) is 99.2 Å². The van der Waals surface area contributed by atoms with E-state index >= 15 is 14.4 Å². The van der Waals surface area contributed by atoms with Crippen LogP contribution in [-0.4, -0.2) is 44.9 Å². The number of methoxy groups -OCH3 is 3. The Morgan fingerprint density at radius 1 is 0.615 bits per heavy atom. The number of fused-ring (bicyclic) bond motifs is 5. The Morgan fingerprint density at radius 3 is 1.46 bits per heavy atom. The minimum Gasteiger partial charge on any atom is -0.497 e. The number of anilines is 1. The van der Waals surface area contributed by atoms with E-state index in [-0.39, 0.29) is 22.1 Å². The lowest BCUT2D eigenvalue weighted by atomic mass is 9.59. The molecule has 1 saturated carbocycles. The summed E-state index contributed by atoms with van der Waals surface area (Å²) in [6.07, 6.45) is 0. The molecule has 1 aliphatic heterocycles. The van der Waals surface area contributed by atoms with E-state index in [1.165, 1.54) is 25.3 Å². The number of rotatable bonds is 8. The maximum Gasteiger partial charge on any atom is 0.339 e. The number of carbonyl (C=O) groups is 4. The molecular weight excluding hydrogens is 678 g/mol. The van der Waals surface area contributed by atoms with Gasteiger partial charge in [-0.3, -0.25) is 14.4 Å². The normalized spacial score (nSPS) is 23.2. The Bertz CT molecular complexity index is 2180. The number of nitrogens with zero attached hydrogens (tertiary/aromatic N) is 1. The predicted molar refractivity (Wildman–Crippen MR) is 196 cm³/mol. The van der Waals surface area contributed by atoms with E-state index in [0.717, 1.165) is 4.90 Å². The molecule has 0 radical (unpaired) electrons. The first-order valence-electron chi connectivity index (χ1n) is 16.7. The molecule has 4 atom stereocenters. The van der Waals surface area contributed by atoms with Gasteiger partial charge in [-0.1, -0.05) is 96.5 Å². The molecule has 5 aromatic rings. The highest BCUT2D eigenvalue weighted by atomic mass is 35.5. The van der Waals surface area contributed by atoms with Gasteiger partial charge in [-0.05, 0) is 75.9 Å². The lowest BCUT2D eigenvalue weighted by molar-refractivity contribution is -0.130. The largest absolute Gasteiger partial charge is 0.497 e. The van der Waals surface area contributed by atoms with Crippen molar-refractivity contribution in [2.75, 3.05) is 26.2 Å². The molecule has 1 saturated heterocycles. The highest BCUT2D eigenvalue weighted by Gasteiger charge is 2.82. The van der Waals surface area contributed by atoms with Crippen LogP contribution in [0.5, 0.6) is 11.5 Å². The summed E-state index contributed by atoms with van der Waals surface area (Å²) in [5, 5.41) is 0.108. The molecular formula is C43H32ClNO7. The summed E-state index contributed by atoms with van der Waals surface area (Å²) in [5.74, 6) is -3.12. The number of halogens is 1. The van der Waals surface area contributed by atoms with Crippen LogP contribution in [0.3, 0.4) is 0 Å². The van der Waals surface area contributed by atoms with Gasteiger partial charge in [0, 0.05) is 0 Å². The van der Waals surface area contributed by atoms with Crippen molar-refractivity contribution in [1.29, 1.82) is 0 Å². The van der Waals surface area contributed by atoms with E-state index in [4.69, 9.17) is 25.8 Å². The van der Waals surface area contributed by atoms with Gasteiger partial charge < -0.3 is 14.2 Å². The summed E-state index contributed by atoms with van der Waals surface area (Å²) in [7, 11) is 4.39. The Hall–Kier alpha value is -5.99. The third-order valence-electron chi connectivity index (χ3n) is 10.8. The van der Waals surface area contributed by atoms with Gasteiger partial charge in [0.25, 0.3) is 0 Å². The van der Waals surface area contributed by atoms with Crippen LogP contribution in [0.4, 0.5) is 5.69 Å². The van der Waals surface area contributed by atoms with E-state index < -0.39 is 40.4 Å². The zero-order valence-electron chi connectivity index (χ0n) is 28.5. The first kappa shape index (κ1) is 33.2. The van der Waals surface area contributed by atoms with Crippen molar-refractivity contribution in [3.05, 3.63) is 160 Å². The Balaban J connectivity index is 1.51. The molecule has 52 heavy (non-hydrogen) atoms. The third-order valence-corrected chi connectivity index (χ3v) is 11.2. The molecule has 2 amide bonds. The van der Waals surface area contributed by atoms with E-state index in [1.54, 1.807) is 14.2 Å². The summed E-state index contributed by atoms with van der Waals surface area (Å²) < 4.78 is 16.0. The van der Waals surface area contributed by atoms with Crippen LogP contribution < -0.4 is 14.4 Å². The summed E-state index contributed by atoms with van der Waals surface area (Å²) in [5.41, 5.74) is 0.820. The molecule has 8 rings (SSSR count). The molecule has 3 aliphatic rings. The number of hydrogen-bond donors (Lipinski definition) is 0. The monoisotopic (exact) mass is 709 g/mol. The number of benzene rings is 5. The number of imide groups is 1. The number of amides is 2. The maximum absolute atomic E-state index is 16.1. The average molecular weight is 710 g/mol. The lowest BCUT2D eigenvalue weighted by Crippen LogP contribution is -2.45. The molecule has 258 valence electrons. The molecule has 5 aromatic carbocycles. The molecule has 2 aliphatic carbocycles. The Morgan fingerprint density at radius 2 is 1.06 bits per heavy atom. The molecule has 0 spiro atoms. The van der Waals surface area contributed by atoms with E-state index in [9.17, 15) is 4.79 Å². The van der Waals surface area contributed by atoms with Crippen LogP contribution in [0.2, 0.25) is 5.02 Å². The van der Waals surface area contributed by atoms with E-state index in [0.29, 0.717) is 44.9 Å². The number of hydrogen-bond acceptors (Lipinski definition) is 7. The minimum atomic E-state index is -1.61. The fourth-order valence-corrected chi connectivity index (χ4v) is 9.01. The first-order valence-corrected chi connectivity index (χ1v) is 17.1. The Kier molecular flexibility index (Phi) is 7.88. The van der Waals surface area contributed by atoms with Crippen LogP contribution in [0.25, 0.3) is 11.1 Å². The van der Waals surface area contributed by atoms with Crippen LogP contribution in [0, 0.1) is 11.8 Å². The van der Waals surface area contributed by atoms with Gasteiger partial charge >= 0.3 is 5.97 Å². The molecule has 8 nitrogen and oxygen atoms in total. The van der Waals surface area contributed by atoms with Crippen LogP contribution in [0.15, 0.2) is 127 Å². The molecule has 2 fully saturated rings. The van der Waals surface area contributed by atoms with Crippen LogP contribution in [-0.2, 0) is 30.0 Å². The zero-order chi connectivity index (χ0) is 36.4. The molecule has 1 heterocycles. The molecule has 0 N–H and O–H groups in total. The van der Waals surface area contributed by atoms with Crippen molar-refractivity contribution < 1.29 is 33.4 Å². The molecule has 9 heteroatoms. The lowest BCUT2D eigenvalue weighted by Gasteiger charge is -2.39. The molecule has 0 aromatic heterocycles. The van der Waals surface area contributed by atoms with Gasteiger partial charge in [0.1, 0.15) is 11.5 Å². The van der Waals surface area contributed by atoms with Crippen molar-refractivity contribution in [2.45, 2.75) is 10.8 Å². The first-order chi connectivity index (χ1) is 25.2. The number of esters is 1. The standard InChI is InChI=1S/C43H32ClNO7/c1-50-30-19-14-25(15-20-30)34-35(26-16-21-31(51-2)22-17-26)43(28-12-8-5-9-13-28)37-36(42(34,41(43)49)27-10-6-4-7-11-27)38(46)45(39(37)47)29-18-23-33(44)32(24-29)40(48)52-3/h4-24,36-37H,1-3H3/t36-,37+,42-,43+. The predicted octanol–water partition coefficient (Wildman–Crippen LogP) is 7.33. The fraction of sp³-hybridized carbons (Fsp3) is 0.163. The van der Waals surface area contributed by atoms with Gasteiger partial charge in [-0.15, -0.1) is 0 Å². The quantitative estimate of drug-likeness (QED) is 0.123. The highest BCUT2D eigenvalue weighted by molar-refractivity contribution is 6.39. The van der Waals surface area contributed by atoms with Gasteiger partial charge in [0.15, 0.2) is 5.78 Å². The highest BCUT2D eigenvalue weighted by Crippen LogP contribution is 2.74. The van der Waals surface area contributed by atoms with E-state index in [2.05, 4.69) is 0 Å². The number of allylic oxidation sites excluding steroid dienone is 2. The summed E-state index contributed by atoms with van der Waals surface area (Å²) in [6.45, 7) is 0.